The summed E-state index contributed by atoms with van der Waals surface area (Å²) in [5.41, 5.74) is 1.68. The monoisotopic (exact) mass is 296 g/mol. The minimum Gasteiger partial charge on any atom is -0.454 e. The molecule has 5 nitrogen and oxygen atoms in total. The molecule has 1 aliphatic heterocycles. The van der Waals surface area contributed by atoms with Gasteiger partial charge < -0.3 is 14.8 Å². The van der Waals surface area contributed by atoms with Crippen molar-refractivity contribution in [2.24, 2.45) is 0 Å². The first kappa shape index (κ1) is 12.3. The number of hydrogen-bond donors (Lipinski definition) is 1. The van der Waals surface area contributed by atoms with Crippen molar-refractivity contribution >= 4 is 34.0 Å². The highest BCUT2D eigenvalue weighted by atomic mass is 35.5. The normalized spacial score (nSPS) is 12.5. The summed E-state index contributed by atoms with van der Waals surface area (Å²) in [5.74, 6) is 1.08. The van der Waals surface area contributed by atoms with Gasteiger partial charge in [-0.2, -0.15) is 0 Å². The molecule has 0 radical (unpaired) electrons. The summed E-state index contributed by atoms with van der Waals surface area (Å²) in [6.45, 7) is 0.243. The molecule has 1 aliphatic rings. The van der Waals surface area contributed by atoms with Crippen LogP contribution < -0.4 is 14.8 Å². The van der Waals surface area contributed by atoms with Crippen LogP contribution in [0.4, 0.5) is 5.13 Å². The molecule has 0 atom stereocenters. The molecule has 0 saturated heterocycles. The molecule has 19 heavy (non-hydrogen) atoms. The highest BCUT2D eigenvalue weighted by molar-refractivity contribution is 7.14. The third-order valence-corrected chi connectivity index (χ3v) is 3.54. The van der Waals surface area contributed by atoms with Crippen molar-refractivity contribution in [1.82, 2.24) is 4.98 Å². The molecule has 0 saturated carbocycles. The summed E-state index contributed by atoms with van der Waals surface area (Å²) < 4.78 is 10.6. The van der Waals surface area contributed by atoms with Gasteiger partial charge in [0.25, 0.3) is 0 Å². The van der Waals surface area contributed by atoms with Gasteiger partial charge in [0.2, 0.25) is 12.7 Å². The third-order valence-electron chi connectivity index (χ3n) is 2.54. The topological polar surface area (TPSA) is 60.5 Å². The SMILES string of the molecule is O=C(CCl)Nc1nc(-c2ccc3c(c2)OCO3)cs1. The van der Waals surface area contributed by atoms with Crippen molar-refractivity contribution in [1.29, 1.82) is 0 Å². The summed E-state index contributed by atoms with van der Waals surface area (Å²) in [6, 6.07) is 5.61. The van der Waals surface area contributed by atoms with Crippen LogP contribution in [0.1, 0.15) is 0 Å². The second-order valence-corrected chi connectivity index (χ2v) is 4.91. The maximum Gasteiger partial charge on any atom is 0.241 e. The number of anilines is 1. The number of fused-ring (bicyclic) bond motifs is 1. The van der Waals surface area contributed by atoms with Crippen LogP contribution in [0.15, 0.2) is 23.6 Å². The Morgan fingerprint density at radius 1 is 1.42 bits per heavy atom. The summed E-state index contributed by atoms with van der Waals surface area (Å²) in [6.07, 6.45) is 0. The van der Waals surface area contributed by atoms with Gasteiger partial charge in [-0.05, 0) is 18.2 Å². The Kier molecular flexibility index (Phi) is 3.27. The van der Waals surface area contributed by atoms with E-state index in [0.717, 1.165) is 17.0 Å². The van der Waals surface area contributed by atoms with Crippen LogP contribution in [0, 0.1) is 0 Å². The van der Waals surface area contributed by atoms with E-state index in [1.807, 2.05) is 23.6 Å². The number of halogens is 1. The van der Waals surface area contributed by atoms with Crippen LogP contribution in [0.5, 0.6) is 11.5 Å². The number of hydrogen-bond acceptors (Lipinski definition) is 5. The Morgan fingerprint density at radius 3 is 3.11 bits per heavy atom. The maximum atomic E-state index is 11.2. The fraction of sp³-hybridized carbons (Fsp3) is 0.167. The van der Waals surface area contributed by atoms with Crippen molar-refractivity contribution < 1.29 is 14.3 Å². The van der Waals surface area contributed by atoms with Gasteiger partial charge in [-0.15, -0.1) is 22.9 Å². The number of nitrogens with zero attached hydrogens (tertiary/aromatic N) is 1. The molecule has 98 valence electrons. The van der Waals surface area contributed by atoms with E-state index in [0.29, 0.717) is 10.9 Å². The van der Waals surface area contributed by atoms with Crippen molar-refractivity contribution in [3.05, 3.63) is 23.6 Å². The predicted molar refractivity (Wildman–Crippen MR) is 73.0 cm³/mol. The molecular formula is C12H9ClN2O3S. The Balaban J connectivity index is 1.84. The smallest absolute Gasteiger partial charge is 0.241 e. The number of carbonyl (C=O) groups excluding carboxylic acids is 1. The van der Waals surface area contributed by atoms with E-state index in [-0.39, 0.29) is 18.6 Å². The summed E-state index contributed by atoms with van der Waals surface area (Å²) in [5, 5.41) is 5.00. The number of rotatable bonds is 3. The molecule has 2 aromatic rings. The van der Waals surface area contributed by atoms with Gasteiger partial charge >= 0.3 is 0 Å². The van der Waals surface area contributed by atoms with Gasteiger partial charge in [-0.25, -0.2) is 4.98 Å². The van der Waals surface area contributed by atoms with Crippen molar-refractivity contribution in [2.75, 3.05) is 18.0 Å². The van der Waals surface area contributed by atoms with E-state index < -0.39 is 0 Å². The lowest BCUT2D eigenvalue weighted by Gasteiger charge is -1.99. The second kappa shape index (κ2) is 5.07. The summed E-state index contributed by atoms with van der Waals surface area (Å²) in [4.78, 5) is 15.5. The minimum absolute atomic E-state index is 0.0844. The van der Waals surface area contributed by atoms with Crippen LogP contribution >= 0.6 is 22.9 Å². The van der Waals surface area contributed by atoms with Gasteiger partial charge in [0.1, 0.15) is 5.88 Å². The number of aromatic nitrogens is 1. The van der Waals surface area contributed by atoms with Crippen molar-refractivity contribution in [3.63, 3.8) is 0 Å². The van der Waals surface area contributed by atoms with Crippen LogP contribution in [0.3, 0.4) is 0 Å². The van der Waals surface area contributed by atoms with Crippen LogP contribution in [-0.2, 0) is 4.79 Å². The lowest BCUT2D eigenvalue weighted by molar-refractivity contribution is -0.113. The molecule has 0 spiro atoms. The van der Waals surface area contributed by atoms with E-state index in [1.54, 1.807) is 0 Å². The molecule has 7 heteroatoms. The van der Waals surface area contributed by atoms with Crippen molar-refractivity contribution in [3.8, 4) is 22.8 Å². The number of carbonyl (C=O) groups is 1. The first-order chi connectivity index (χ1) is 9.26. The molecule has 2 heterocycles. The molecule has 0 unspecified atom stereocenters. The third kappa shape index (κ3) is 2.50. The molecule has 3 rings (SSSR count). The van der Waals surface area contributed by atoms with E-state index in [2.05, 4.69) is 10.3 Å². The molecular weight excluding hydrogens is 288 g/mol. The zero-order valence-corrected chi connectivity index (χ0v) is 11.3. The van der Waals surface area contributed by atoms with Gasteiger partial charge in [0.15, 0.2) is 16.6 Å². The fourth-order valence-corrected chi connectivity index (χ4v) is 2.47. The first-order valence-corrected chi connectivity index (χ1v) is 6.89. The number of nitrogens with one attached hydrogen (secondary N) is 1. The van der Waals surface area contributed by atoms with Crippen LogP contribution in [0.2, 0.25) is 0 Å². The molecule has 1 aromatic heterocycles. The molecule has 0 bridgehead atoms. The Bertz CT molecular complexity index is 629. The maximum absolute atomic E-state index is 11.2. The average Bonchev–Trinajstić information content (AvgIpc) is 3.05. The van der Waals surface area contributed by atoms with Crippen LogP contribution in [0.25, 0.3) is 11.3 Å². The largest absolute Gasteiger partial charge is 0.454 e. The van der Waals surface area contributed by atoms with Gasteiger partial charge in [0, 0.05) is 10.9 Å². The molecule has 1 amide bonds. The zero-order chi connectivity index (χ0) is 13.2. The quantitative estimate of drug-likeness (QED) is 0.885. The highest BCUT2D eigenvalue weighted by Crippen LogP contribution is 2.36. The summed E-state index contributed by atoms with van der Waals surface area (Å²) in [7, 11) is 0. The van der Waals surface area contributed by atoms with E-state index in [1.165, 1.54) is 11.3 Å². The number of amides is 1. The lowest BCUT2D eigenvalue weighted by atomic mass is 10.1. The Morgan fingerprint density at radius 2 is 2.26 bits per heavy atom. The molecule has 1 aromatic carbocycles. The first-order valence-electron chi connectivity index (χ1n) is 5.47. The molecule has 1 N–H and O–H groups in total. The minimum atomic E-state index is -0.270. The van der Waals surface area contributed by atoms with Gasteiger partial charge in [-0.3, -0.25) is 4.79 Å². The second-order valence-electron chi connectivity index (χ2n) is 3.79. The molecule has 0 fully saturated rings. The number of alkyl halides is 1. The predicted octanol–water partition coefficient (Wildman–Crippen LogP) is 2.72. The van der Waals surface area contributed by atoms with Gasteiger partial charge in [-0.1, -0.05) is 0 Å². The van der Waals surface area contributed by atoms with E-state index >= 15 is 0 Å². The van der Waals surface area contributed by atoms with Crippen LogP contribution in [-0.4, -0.2) is 23.6 Å². The number of ether oxygens (including phenoxy) is 2. The lowest BCUT2D eigenvalue weighted by Crippen LogP contribution is -2.12. The zero-order valence-electron chi connectivity index (χ0n) is 9.68. The van der Waals surface area contributed by atoms with Crippen molar-refractivity contribution in [2.45, 2.75) is 0 Å². The number of thiazole rings is 1. The standard InChI is InChI=1S/C12H9ClN2O3S/c13-4-11(16)15-12-14-8(5-19-12)7-1-2-9-10(3-7)18-6-17-9/h1-3,5H,4,6H2,(H,14,15,16). The number of benzene rings is 1. The average molecular weight is 297 g/mol. The summed E-state index contributed by atoms with van der Waals surface area (Å²) >= 11 is 6.77. The molecule has 0 aliphatic carbocycles. The fourth-order valence-electron chi connectivity index (χ4n) is 1.67. The van der Waals surface area contributed by atoms with E-state index in [9.17, 15) is 4.79 Å². The van der Waals surface area contributed by atoms with E-state index in [4.69, 9.17) is 21.1 Å². The Labute approximate surface area is 118 Å². The van der Waals surface area contributed by atoms with Gasteiger partial charge in [0.05, 0.1) is 5.69 Å². The Hall–Kier alpha value is -1.79. The highest BCUT2D eigenvalue weighted by Gasteiger charge is 2.15.